The minimum atomic E-state index is -0.836. The van der Waals surface area contributed by atoms with Crippen molar-refractivity contribution >= 4 is 30.3 Å². The van der Waals surface area contributed by atoms with Crippen LogP contribution in [0.3, 0.4) is 0 Å². The lowest BCUT2D eigenvalue weighted by Gasteiger charge is -2.36. The van der Waals surface area contributed by atoms with Gasteiger partial charge in [0.05, 0.1) is 0 Å². The van der Waals surface area contributed by atoms with Gasteiger partial charge in [0, 0.05) is 13.1 Å². The number of hydrogen-bond donors (Lipinski definition) is 2. The standard InChI is InChI=1S/C21H30N4O3.ClH/c1-16-8-5-6-11-21(16)19(27)25(20(28)23-21)15-18(26)24(13-7-12-22)14-17-9-3-2-4-10-17;/h2-4,9-10,16H,5-8,11-15,22H2,1H3,(H,23,28);1H. The average molecular weight is 423 g/mol. The fraction of sp³-hybridized carbons (Fsp3) is 0.571. The van der Waals surface area contributed by atoms with E-state index < -0.39 is 11.6 Å². The van der Waals surface area contributed by atoms with E-state index in [4.69, 9.17) is 5.73 Å². The van der Waals surface area contributed by atoms with E-state index in [1.165, 1.54) is 0 Å². The highest BCUT2D eigenvalue weighted by Gasteiger charge is 2.55. The Labute approximate surface area is 178 Å². The Bertz CT molecular complexity index is 730. The number of carbonyl (C=O) groups is 3. The number of halogens is 1. The van der Waals surface area contributed by atoms with Crippen LogP contribution >= 0.6 is 12.4 Å². The molecule has 8 heteroatoms. The van der Waals surface area contributed by atoms with Crippen molar-refractivity contribution in [3.8, 4) is 0 Å². The highest BCUT2D eigenvalue weighted by Crippen LogP contribution is 2.38. The molecule has 1 saturated heterocycles. The second-order valence-electron chi connectivity index (χ2n) is 7.88. The number of urea groups is 1. The molecule has 2 atom stereocenters. The molecule has 29 heavy (non-hydrogen) atoms. The van der Waals surface area contributed by atoms with E-state index in [2.05, 4.69) is 5.32 Å². The number of hydrogen-bond acceptors (Lipinski definition) is 4. The molecule has 4 amide bonds. The van der Waals surface area contributed by atoms with E-state index in [1.807, 2.05) is 37.3 Å². The summed E-state index contributed by atoms with van der Waals surface area (Å²) in [5, 5.41) is 2.90. The summed E-state index contributed by atoms with van der Waals surface area (Å²) in [7, 11) is 0. The molecule has 160 valence electrons. The molecule has 3 rings (SSSR count). The molecule has 1 aromatic carbocycles. The normalized spacial score (nSPS) is 23.7. The topological polar surface area (TPSA) is 95.7 Å². The van der Waals surface area contributed by atoms with Gasteiger partial charge in [0.2, 0.25) is 5.91 Å². The lowest BCUT2D eigenvalue weighted by atomic mass is 9.73. The van der Waals surface area contributed by atoms with E-state index in [-0.39, 0.29) is 36.7 Å². The quantitative estimate of drug-likeness (QED) is 0.659. The summed E-state index contributed by atoms with van der Waals surface area (Å²) in [5.41, 5.74) is 5.79. The van der Waals surface area contributed by atoms with E-state index >= 15 is 0 Å². The number of imide groups is 1. The van der Waals surface area contributed by atoms with Crippen molar-refractivity contribution in [2.45, 2.75) is 51.1 Å². The Morgan fingerprint density at radius 1 is 1.28 bits per heavy atom. The number of nitrogens with zero attached hydrogens (tertiary/aromatic N) is 2. The van der Waals surface area contributed by atoms with Gasteiger partial charge in [0.1, 0.15) is 12.1 Å². The second kappa shape index (κ2) is 10.1. The van der Waals surface area contributed by atoms with Crippen LogP contribution < -0.4 is 11.1 Å². The molecule has 1 aliphatic carbocycles. The Morgan fingerprint density at radius 2 is 2.00 bits per heavy atom. The summed E-state index contributed by atoms with van der Waals surface area (Å²) in [6.07, 6.45) is 4.19. The van der Waals surface area contributed by atoms with E-state index in [1.54, 1.807) is 4.90 Å². The molecule has 0 bridgehead atoms. The molecule has 1 saturated carbocycles. The summed E-state index contributed by atoms with van der Waals surface area (Å²) < 4.78 is 0. The van der Waals surface area contributed by atoms with Crippen LogP contribution in [0, 0.1) is 5.92 Å². The number of nitrogens with one attached hydrogen (secondary N) is 1. The minimum Gasteiger partial charge on any atom is -0.337 e. The van der Waals surface area contributed by atoms with Gasteiger partial charge in [-0.2, -0.15) is 0 Å². The van der Waals surface area contributed by atoms with Crippen LogP contribution in [0.1, 0.15) is 44.6 Å². The zero-order chi connectivity index (χ0) is 20.1. The van der Waals surface area contributed by atoms with Crippen LogP contribution in [-0.2, 0) is 16.1 Å². The average Bonchev–Trinajstić information content (AvgIpc) is 2.93. The van der Waals surface area contributed by atoms with Crippen LogP contribution in [0.4, 0.5) is 4.79 Å². The first-order chi connectivity index (χ1) is 13.5. The third kappa shape index (κ3) is 4.90. The molecule has 0 radical (unpaired) electrons. The first-order valence-electron chi connectivity index (χ1n) is 10.1. The molecular weight excluding hydrogens is 392 g/mol. The summed E-state index contributed by atoms with van der Waals surface area (Å²) >= 11 is 0. The molecule has 0 aromatic heterocycles. The number of benzene rings is 1. The van der Waals surface area contributed by atoms with Crippen molar-refractivity contribution in [1.82, 2.24) is 15.1 Å². The van der Waals surface area contributed by atoms with Crippen molar-refractivity contribution in [2.75, 3.05) is 19.6 Å². The van der Waals surface area contributed by atoms with Crippen molar-refractivity contribution < 1.29 is 14.4 Å². The third-order valence-corrected chi connectivity index (χ3v) is 6.00. The number of carbonyl (C=O) groups excluding carboxylic acids is 3. The molecule has 2 fully saturated rings. The van der Waals surface area contributed by atoms with Crippen molar-refractivity contribution in [2.24, 2.45) is 11.7 Å². The Hall–Kier alpha value is -2.12. The van der Waals surface area contributed by atoms with Crippen molar-refractivity contribution in [1.29, 1.82) is 0 Å². The van der Waals surface area contributed by atoms with E-state index in [9.17, 15) is 14.4 Å². The van der Waals surface area contributed by atoms with Gasteiger partial charge in [-0.3, -0.25) is 14.5 Å². The molecule has 1 heterocycles. The van der Waals surface area contributed by atoms with E-state index in [0.717, 1.165) is 29.7 Å². The second-order valence-corrected chi connectivity index (χ2v) is 7.88. The fourth-order valence-electron chi connectivity index (χ4n) is 4.25. The summed E-state index contributed by atoms with van der Waals surface area (Å²) in [5.74, 6) is -0.409. The summed E-state index contributed by atoms with van der Waals surface area (Å²) in [6, 6.07) is 9.22. The lowest BCUT2D eigenvalue weighted by molar-refractivity contribution is -0.140. The first kappa shape index (κ1) is 23.2. The van der Waals surface area contributed by atoms with Crippen LogP contribution in [0.2, 0.25) is 0 Å². The zero-order valence-corrected chi connectivity index (χ0v) is 17.7. The third-order valence-electron chi connectivity index (χ3n) is 6.00. The Kier molecular flexibility index (Phi) is 8.05. The fourth-order valence-corrected chi connectivity index (χ4v) is 4.25. The van der Waals surface area contributed by atoms with E-state index in [0.29, 0.717) is 32.5 Å². The van der Waals surface area contributed by atoms with Crippen LogP contribution in [-0.4, -0.2) is 52.8 Å². The molecule has 7 nitrogen and oxygen atoms in total. The largest absolute Gasteiger partial charge is 0.337 e. The summed E-state index contributed by atoms with van der Waals surface area (Å²) in [4.78, 5) is 41.4. The molecule has 1 spiro atoms. The Morgan fingerprint density at radius 3 is 2.66 bits per heavy atom. The highest BCUT2D eigenvalue weighted by molar-refractivity contribution is 6.09. The van der Waals surface area contributed by atoms with Crippen molar-refractivity contribution in [3.05, 3.63) is 35.9 Å². The molecule has 2 unspecified atom stereocenters. The predicted molar refractivity (Wildman–Crippen MR) is 113 cm³/mol. The van der Waals surface area contributed by atoms with Crippen molar-refractivity contribution in [3.63, 3.8) is 0 Å². The van der Waals surface area contributed by atoms with Crippen LogP contribution in [0.5, 0.6) is 0 Å². The minimum absolute atomic E-state index is 0. The van der Waals surface area contributed by atoms with Crippen LogP contribution in [0.15, 0.2) is 30.3 Å². The van der Waals surface area contributed by atoms with Gasteiger partial charge in [-0.1, -0.05) is 50.1 Å². The Balaban J connectivity index is 0.00000300. The maximum absolute atomic E-state index is 13.1. The number of rotatable bonds is 7. The maximum Gasteiger partial charge on any atom is 0.325 e. The molecule has 2 aliphatic rings. The van der Waals surface area contributed by atoms with Gasteiger partial charge < -0.3 is 16.0 Å². The molecular formula is C21H31ClN4O3. The lowest BCUT2D eigenvalue weighted by Crippen LogP contribution is -2.54. The maximum atomic E-state index is 13.1. The SMILES string of the molecule is CC1CCCCC12NC(=O)N(CC(=O)N(CCCN)Cc1ccccc1)C2=O.Cl. The predicted octanol–water partition coefficient (Wildman–Crippen LogP) is 2.29. The van der Waals surface area contributed by atoms with Crippen LogP contribution in [0.25, 0.3) is 0 Å². The van der Waals surface area contributed by atoms with Gasteiger partial charge >= 0.3 is 6.03 Å². The molecule has 3 N–H and O–H groups in total. The van der Waals surface area contributed by atoms with Gasteiger partial charge in [0.15, 0.2) is 0 Å². The number of nitrogens with two attached hydrogens (primary N) is 1. The monoisotopic (exact) mass is 422 g/mol. The smallest absolute Gasteiger partial charge is 0.325 e. The molecule has 1 aromatic rings. The number of amides is 4. The highest BCUT2D eigenvalue weighted by atomic mass is 35.5. The van der Waals surface area contributed by atoms with Gasteiger partial charge in [-0.25, -0.2) is 4.79 Å². The van der Waals surface area contributed by atoms with Gasteiger partial charge in [-0.15, -0.1) is 12.4 Å². The molecule has 1 aliphatic heterocycles. The van der Waals surface area contributed by atoms with Gasteiger partial charge in [-0.05, 0) is 37.3 Å². The van der Waals surface area contributed by atoms with Gasteiger partial charge in [0.25, 0.3) is 5.91 Å². The first-order valence-corrected chi connectivity index (χ1v) is 10.1. The summed E-state index contributed by atoms with van der Waals surface area (Å²) in [6.45, 7) is 3.19. The zero-order valence-electron chi connectivity index (χ0n) is 16.9.